The van der Waals surface area contributed by atoms with Crippen LogP contribution < -0.4 is 16.4 Å². The number of amides is 2. The fraction of sp³-hybridized carbons (Fsp3) is 0.600. The molecule has 20 heavy (non-hydrogen) atoms. The van der Waals surface area contributed by atoms with Gasteiger partial charge in [-0.25, -0.2) is 0 Å². The van der Waals surface area contributed by atoms with E-state index in [2.05, 4.69) is 23.3 Å². The van der Waals surface area contributed by atoms with Crippen LogP contribution in [-0.4, -0.2) is 58.3 Å². The van der Waals surface area contributed by atoms with Gasteiger partial charge in [0, 0.05) is 12.2 Å². The zero-order valence-corrected chi connectivity index (χ0v) is 11.4. The second kappa shape index (κ2) is 9.15. The van der Waals surface area contributed by atoms with Crippen molar-refractivity contribution in [2.45, 2.75) is 24.9 Å². The Kier molecular flexibility index (Phi) is 8.32. The molecule has 0 aromatic heterocycles. The minimum absolute atomic E-state index is 0.0256. The summed E-state index contributed by atoms with van der Waals surface area (Å²) in [5, 5.41) is 21.4. The summed E-state index contributed by atoms with van der Waals surface area (Å²) in [6.45, 7) is -0.567. The number of aliphatic carboxylic acids is 2. The van der Waals surface area contributed by atoms with Gasteiger partial charge in [-0.15, -0.1) is 0 Å². The highest BCUT2D eigenvalue weighted by Gasteiger charge is 2.20. The van der Waals surface area contributed by atoms with Gasteiger partial charge in [0.25, 0.3) is 0 Å². The van der Waals surface area contributed by atoms with E-state index in [0.29, 0.717) is 0 Å². The Morgan fingerprint density at radius 1 is 1.20 bits per heavy atom. The van der Waals surface area contributed by atoms with Crippen LogP contribution in [0.15, 0.2) is 0 Å². The van der Waals surface area contributed by atoms with E-state index in [1.807, 2.05) is 0 Å². The summed E-state index contributed by atoms with van der Waals surface area (Å²) < 4.78 is 0. The predicted molar refractivity (Wildman–Crippen MR) is 71.3 cm³/mol. The predicted octanol–water partition coefficient (Wildman–Crippen LogP) is -2.21. The topological polar surface area (TPSA) is 159 Å². The van der Waals surface area contributed by atoms with Crippen LogP contribution in [0.4, 0.5) is 0 Å². The first-order valence-corrected chi connectivity index (χ1v) is 6.29. The number of nitrogens with two attached hydrogens (primary N) is 1. The second-order valence-electron chi connectivity index (χ2n) is 3.90. The number of carbonyl (C=O) groups is 4. The van der Waals surface area contributed by atoms with E-state index in [1.54, 1.807) is 0 Å². The van der Waals surface area contributed by atoms with E-state index >= 15 is 0 Å². The van der Waals surface area contributed by atoms with E-state index in [0.717, 1.165) is 0 Å². The number of hydrogen-bond donors (Lipinski definition) is 6. The maximum absolute atomic E-state index is 11.5. The van der Waals surface area contributed by atoms with Crippen molar-refractivity contribution >= 4 is 36.4 Å². The highest BCUT2D eigenvalue weighted by atomic mass is 32.1. The third kappa shape index (κ3) is 7.59. The summed E-state index contributed by atoms with van der Waals surface area (Å²) in [6.07, 6.45) is -0.235. The Balaban J connectivity index is 4.21. The van der Waals surface area contributed by atoms with Gasteiger partial charge >= 0.3 is 11.9 Å². The van der Waals surface area contributed by atoms with Gasteiger partial charge in [-0.05, 0) is 6.42 Å². The van der Waals surface area contributed by atoms with Gasteiger partial charge in [0.05, 0.1) is 0 Å². The number of thiol groups is 1. The monoisotopic (exact) mass is 307 g/mol. The van der Waals surface area contributed by atoms with Crippen molar-refractivity contribution in [3.8, 4) is 0 Å². The molecule has 114 valence electrons. The van der Waals surface area contributed by atoms with Crippen LogP contribution in [-0.2, 0) is 19.2 Å². The second-order valence-corrected chi connectivity index (χ2v) is 4.26. The maximum Gasteiger partial charge on any atom is 0.322 e. The Bertz CT molecular complexity index is 389. The first-order valence-electron chi connectivity index (χ1n) is 5.66. The minimum Gasteiger partial charge on any atom is -0.480 e. The number of carboxylic acids is 2. The van der Waals surface area contributed by atoms with Crippen molar-refractivity contribution in [2.24, 2.45) is 5.73 Å². The molecule has 0 aliphatic heterocycles. The van der Waals surface area contributed by atoms with Crippen molar-refractivity contribution in [3.63, 3.8) is 0 Å². The van der Waals surface area contributed by atoms with Gasteiger partial charge in [0.2, 0.25) is 11.8 Å². The molecule has 6 N–H and O–H groups in total. The van der Waals surface area contributed by atoms with Gasteiger partial charge < -0.3 is 26.6 Å². The fourth-order valence-corrected chi connectivity index (χ4v) is 1.41. The third-order valence-electron chi connectivity index (χ3n) is 2.25. The molecule has 0 aromatic rings. The Morgan fingerprint density at radius 3 is 2.25 bits per heavy atom. The van der Waals surface area contributed by atoms with Crippen LogP contribution in [0.1, 0.15) is 12.8 Å². The van der Waals surface area contributed by atoms with Crippen LogP contribution in [0, 0.1) is 0 Å². The summed E-state index contributed by atoms with van der Waals surface area (Å²) >= 11 is 3.87. The molecule has 0 unspecified atom stereocenters. The standard InChI is InChI=1S/C10H17N3O6S/c11-5(10(18)19)1-2-7(14)13-6(4-20)9(17)12-3-8(15)16/h5-6,20H,1-4,11H2,(H,12,17)(H,13,14)(H,15,16)(H,18,19)/t5-,6+/m0/s1. The summed E-state index contributed by atoms with van der Waals surface area (Å²) in [7, 11) is 0. The lowest BCUT2D eigenvalue weighted by molar-refractivity contribution is -0.139. The van der Waals surface area contributed by atoms with Crippen LogP contribution in [0.3, 0.4) is 0 Å². The van der Waals surface area contributed by atoms with Crippen molar-refractivity contribution < 1.29 is 29.4 Å². The average Bonchev–Trinajstić information content (AvgIpc) is 2.38. The summed E-state index contributed by atoms with van der Waals surface area (Å²) in [6, 6.07) is -2.15. The van der Waals surface area contributed by atoms with Crippen molar-refractivity contribution in [1.29, 1.82) is 0 Å². The Hall–Kier alpha value is -1.81. The molecule has 10 heteroatoms. The molecule has 2 amide bonds. The van der Waals surface area contributed by atoms with Gasteiger partial charge in [-0.3, -0.25) is 19.2 Å². The maximum atomic E-state index is 11.5. The summed E-state index contributed by atoms with van der Waals surface area (Å²) in [5.74, 6) is -3.70. The molecule has 0 aliphatic rings. The number of nitrogens with one attached hydrogen (secondary N) is 2. The molecule has 0 saturated heterocycles. The molecule has 0 bridgehead atoms. The summed E-state index contributed by atoms with van der Waals surface area (Å²) in [4.78, 5) is 43.7. The molecule has 0 aromatic carbocycles. The average molecular weight is 307 g/mol. The normalized spacial score (nSPS) is 13.1. The Labute approximate surface area is 120 Å². The Morgan fingerprint density at radius 2 is 1.80 bits per heavy atom. The van der Waals surface area contributed by atoms with Crippen LogP contribution in [0.25, 0.3) is 0 Å². The smallest absolute Gasteiger partial charge is 0.322 e. The summed E-state index contributed by atoms with van der Waals surface area (Å²) in [5.41, 5.74) is 5.23. The van der Waals surface area contributed by atoms with Gasteiger partial charge in [-0.2, -0.15) is 12.6 Å². The van der Waals surface area contributed by atoms with E-state index in [4.69, 9.17) is 15.9 Å². The number of hydrogen-bond acceptors (Lipinski definition) is 6. The lowest BCUT2D eigenvalue weighted by Gasteiger charge is -2.16. The van der Waals surface area contributed by atoms with Gasteiger partial charge in [0.1, 0.15) is 18.6 Å². The van der Waals surface area contributed by atoms with Crippen molar-refractivity contribution in [3.05, 3.63) is 0 Å². The molecule has 0 fully saturated rings. The van der Waals surface area contributed by atoms with Crippen molar-refractivity contribution in [2.75, 3.05) is 12.3 Å². The molecular weight excluding hydrogens is 290 g/mol. The zero-order chi connectivity index (χ0) is 15.7. The largest absolute Gasteiger partial charge is 0.480 e. The van der Waals surface area contributed by atoms with E-state index in [9.17, 15) is 19.2 Å². The van der Waals surface area contributed by atoms with E-state index in [-0.39, 0.29) is 18.6 Å². The minimum atomic E-state index is -1.22. The molecule has 0 heterocycles. The fourth-order valence-electron chi connectivity index (χ4n) is 1.16. The lowest BCUT2D eigenvalue weighted by Crippen LogP contribution is -2.49. The molecule has 9 nitrogen and oxygen atoms in total. The first-order chi connectivity index (χ1) is 9.27. The van der Waals surface area contributed by atoms with E-state index in [1.165, 1.54) is 0 Å². The lowest BCUT2D eigenvalue weighted by atomic mass is 10.1. The molecule has 0 saturated carbocycles. The van der Waals surface area contributed by atoms with E-state index < -0.39 is 42.4 Å². The van der Waals surface area contributed by atoms with Crippen LogP contribution in [0.2, 0.25) is 0 Å². The van der Waals surface area contributed by atoms with Crippen molar-refractivity contribution in [1.82, 2.24) is 10.6 Å². The molecule has 0 rings (SSSR count). The highest BCUT2D eigenvalue weighted by molar-refractivity contribution is 7.80. The van der Waals surface area contributed by atoms with Gasteiger partial charge in [0.15, 0.2) is 0 Å². The number of carboxylic acid groups (broad SMARTS) is 2. The number of rotatable bonds is 9. The third-order valence-corrected chi connectivity index (χ3v) is 2.61. The SMILES string of the molecule is N[C@@H](CCC(=O)N[C@H](CS)C(=O)NCC(=O)O)C(=O)O. The zero-order valence-electron chi connectivity index (χ0n) is 10.5. The number of carbonyl (C=O) groups excluding carboxylic acids is 2. The molecule has 0 aliphatic carbocycles. The van der Waals surface area contributed by atoms with Gasteiger partial charge in [-0.1, -0.05) is 0 Å². The molecule has 0 spiro atoms. The highest BCUT2D eigenvalue weighted by Crippen LogP contribution is 1.97. The molecule has 2 atom stereocenters. The first kappa shape index (κ1) is 18.2. The molecular formula is C10H17N3O6S. The van der Waals surface area contributed by atoms with Crippen LogP contribution >= 0.6 is 12.6 Å². The van der Waals surface area contributed by atoms with Crippen LogP contribution in [0.5, 0.6) is 0 Å². The molecule has 0 radical (unpaired) electrons. The quantitative estimate of drug-likeness (QED) is 0.263.